The van der Waals surface area contributed by atoms with E-state index in [2.05, 4.69) is 18.8 Å². The first kappa shape index (κ1) is 22.6. The zero-order chi connectivity index (χ0) is 21.0. The highest BCUT2D eigenvalue weighted by Crippen LogP contribution is 2.42. The van der Waals surface area contributed by atoms with Crippen LogP contribution in [0.25, 0.3) is 0 Å². The monoisotopic (exact) mass is 425 g/mol. The summed E-state index contributed by atoms with van der Waals surface area (Å²) in [4.78, 5) is 27.8. The summed E-state index contributed by atoms with van der Waals surface area (Å²) in [5, 5.41) is 13.9. The molecule has 0 spiro atoms. The summed E-state index contributed by atoms with van der Waals surface area (Å²) in [5.41, 5.74) is 0. The van der Waals surface area contributed by atoms with Crippen LogP contribution < -0.4 is 5.32 Å². The van der Waals surface area contributed by atoms with E-state index < -0.39 is 6.10 Å². The molecule has 29 heavy (non-hydrogen) atoms. The van der Waals surface area contributed by atoms with Gasteiger partial charge < -0.3 is 20.2 Å². The average molecular weight is 426 g/mol. The fourth-order valence-corrected chi connectivity index (χ4v) is 5.87. The first-order valence-corrected chi connectivity index (χ1v) is 11.6. The lowest BCUT2D eigenvalue weighted by Crippen LogP contribution is -2.55. The molecule has 6 nitrogen and oxygen atoms in total. The molecule has 2 amide bonds. The van der Waals surface area contributed by atoms with Crippen LogP contribution in [-0.2, 0) is 9.59 Å². The molecule has 3 rings (SSSR count). The van der Waals surface area contributed by atoms with Crippen molar-refractivity contribution in [2.75, 3.05) is 32.7 Å². The first-order chi connectivity index (χ1) is 13.9. The van der Waals surface area contributed by atoms with Gasteiger partial charge in [-0.2, -0.15) is 0 Å². The van der Waals surface area contributed by atoms with Crippen LogP contribution >= 0.6 is 11.6 Å². The SMILES string of the molecule is C=CC(=O)N1CCN(C(=O)CNC2CC(C3CCCC(C)C3)C(Cl)CC2O)CC1. The fourth-order valence-electron chi connectivity index (χ4n) is 5.38. The Balaban J connectivity index is 1.48. The van der Waals surface area contributed by atoms with Crippen LogP contribution in [0.4, 0.5) is 0 Å². The molecule has 2 N–H and O–H groups in total. The number of aliphatic hydroxyl groups excluding tert-OH is 1. The van der Waals surface area contributed by atoms with Crippen molar-refractivity contribution in [3.8, 4) is 0 Å². The molecule has 6 atom stereocenters. The molecule has 0 radical (unpaired) electrons. The highest BCUT2D eigenvalue weighted by Gasteiger charge is 2.40. The molecule has 164 valence electrons. The van der Waals surface area contributed by atoms with Gasteiger partial charge >= 0.3 is 0 Å². The molecule has 1 aliphatic heterocycles. The third-order valence-electron chi connectivity index (χ3n) is 7.14. The summed E-state index contributed by atoms with van der Waals surface area (Å²) < 4.78 is 0. The Morgan fingerprint density at radius 2 is 1.83 bits per heavy atom. The Morgan fingerprint density at radius 3 is 2.48 bits per heavy atom. The topological polar surface area (TPSA) is 72.9 Å². The predicted molar refractivity (Wildman–Crippen MR) is 115 cm³/mol. The van der Waals surface area contributed by atoms with Crippen molar-refractivity contribution < 1.29 is 14.7 Å². The molecule has 6 unspecified atom stereocenters. The number of hydrogen-bond acceptors (Lipinski definition) is 4. The summed E-state index contributed by atoms with van der Waals surface area (Å²) in [6, 6.07) is -0.0835. The van der Waals surface area contributed by atoms with Gasteiger partial charge in [0, 0.05) is 37.6 Å². The van der Waals surface area contributed by atoms with Crippen LogP contribution in [0.3, 0.4) is 0 Å². The maximum Gasteiger partial charge on any atom is 0.246 e. The normalized spacial score (nSPS) is 36.0. The highest BCUT2D eigenvalue weighted by atomic mass is 35.5. The van der Waals surface area contributed by atoms with E-state index in [-0.39, 0.29) is 29.8 Å². The Labute approximate surface area is 179 Å². The molecule has 1 saturated heterocycles. The Morgan fingerprint density at radius 1 is 1.14 bits per heavy atom. The van der Waals surface area contributed by atoms with Gasteiger partial charge in [-0.25, -0.2) is 0 Å². The molecular weight excluding hydrogens is 390 g/mol. The number of amides is 2. The smallest absolute Gasteiger partial charge is 0.246 e. The third-order valence-corrected chi connectivity index (χ3v) is 7.64. The number of carbonyl (C=O) groups is 2. The third kappa shape index (κ3) is 5.74. The van der Waals surface area contributed by atoms with Crippen LogP contribution in [0.5, 0.6) is 0 Å². The number of piperazine rings is 1. The number of nitrogens with one attached hydrogen (secondary N) is 1. The molecule has 0 bridgehead atoms. The standard InChI is InChI=1S/C22H36ClN3O3/c1-3-21(28)25-7-9-26(10-8-25)22(29)14-24-19-12-17(18(23)13-20(19)27)16-6-4-5-15(2)11-16/h3,15-20,24,27H,1,4-14H2,2H3. The lowest BCUT2D eigenvalue weighted by Gasteiger charge is -2.43. The minimum atomic E-state index is -0.510. The number of halogens is 1. The molecular formula is C22H36ClN3O3. The van der Waals surface area contributed by atoms with Crippen LogP contribution in [0, 0.1) is 17.8 Å². The summed E-state index contributed by atoms with van der Waals surface area (Å²) >= 11 is 6.66. The zero-order valence-corrected chi connectivity index (χ0v) is 18.3. The number of hydrogen-bond donors (Lipinski definition) is 2. The van der Waals surface area contributed by atoms with Gasteiger partial charge in [-0.1, -0.05) is 32.8 Å². The second-order valence-electron chi connectivity index (χ2n) is 9.15. The number of carbonyl (C=O) groups excluding carboxylic acids is 2. The summed E-state index contributed by atoms with van der Waals surface area (Å²) in [6.45, 7) is 8.22. The molecule has 0 aromatic rings. The van der Waals surface area contributed by atoms with E-state index in [9.17, 15) is 14.7 Å². The number of nitrogens with zero attached hydrogens (tertiary/aromatic N) is 2. The van der Waals surface area contributed by atoms with Crippen LogP contribution in [0.1, 0.15) is 45.4 Å². The summed E-state index contributed by atoms with van der Waals surface area (Å²) in [6.07, 6.45) is 7.26. The van der Waals surface area contributed by atoms with E-state index in [4.69, 9.17) is 11.6 Å². The van der Waals surface area contributed by atoms with Crippen molar-refractivity contribution in [1.82, 2.24) is 15.1 Å². The number of rotatable bonds is 5. The van der Waals surface area contributed by atoms with Gasteiger partial charge in [-0.05, 0) is 43.1 Å². The van der Waals surface area contributed by atoms with Gasteiger partial charge in [-0.15, -0.1) is 11.6 Å². The van der Waals surface area contributed by atoms with Gasteiger partial charge in [0.1, 0.15) is 0 Å². The second-order valence-corrected chi connectivity index (χ2v) is 9.71. The van der Waals surface area contributed by atoms with Crippen LogP contribution in [0.2, 0.25) is 0 Å². The molecule has 3 aliphatic rings. The maximum atomic E-state index is 12.6. The molecule has 0 aromatic carbocycles. The Kier molecular flexibility index (Phi) is 7.99. The maximum absolute atomic E-state index is 12.6. The minimum Gasteiger partial charge on any atom is -0.391 e. The van der Waals surface area contributed by atoms with E-state index in [1.165, 1.54) is 31.8 Å². The Bertz CT molecular complexity index is 594. The lowest BCUT2D eigenvalue weighted by molar-refractivity contribution is -0.136. The lowest BCUT2D eigenvalue weighted by atomic mass is 9.69. The van der Waals surface area contributed by atoms with E-state index in [0.29, 0.717) is 44.4 Å². The summed E-state index contributed by atoms with van der Waals surface area (Å²) in [7, 11) is 0. The Hall–Kier alpha value is -1.11. The highest BCUT2D eigenvalue weighted by molar-refractivity contribution is 6.20. The van der Waals surface area contributed by atoms with Gasteiger partial charge in [-0.3, -0.25) is 9.59 Å². The molecule has 3 fully saturated rings. The number of alkyl halides is 1. The van der Waals surface area contributed by atoms with E-state index in [0.717, 1.165) is 12.3 Å². The van der Waals surface area contributed by atoms with E-state index in [1.807, 2.05) is 0 Å². The minimum absolute atomic E-state index is 0.0181. The van der Waals surface area contributed by atoms with Crippen molar-refractivity contribution in [3.05, 3.63) is 12.7 Å². The van der Waals surface area contributed by atoms with E-state index >= 15 is 0 Å². The van der Waals surface area contributed by atoms with Gasteiger partial charge in [0.2, 0.25) is 11.8 Å². The second kappa shape index (κ2) is 10.3. The average Bonchev–Trinajstić information content (AvgIpc) is 2.72. The largest absolute Gasteiger partial charge is 0.391 e. The molecule has 2 aliphatic carbocycles. The zero-order valence-electron chi connectivity index (χ0n) is 17.6. The van der Waals surface area contributed by atoms with Crippen LogP contribution in [-0.4, -0.2) is 77.0 Å². The molecule has 1 heterocycles. The first-order valence-electron chi connectivity index (χ1n) is 11.1. The molecule has 7 heteroatoms. The van der Waals surface area contributed by atoms with Gasteiger partial charge in [0.25, 0.3) is 0 Å². The molecule has 2 saturated carbocycles. The van der Waals surface area contributed by atoms with Crippen molar-refractivity contribution in [2.24, 2.45) is 17.8 Å². The van der Waals surface area contributed by atoms with Crippen LogP contribution in [0.15, 0.2) is 12.7 Å². The van der Waals surface area contributed by atoms with Crippen molar-refractivity contribution in [2.45, 2.75) is 63.0 Å². The van der Waals surface area contributed by atoms with Crippen molar-refractivity contribution in [3.63, 3.8) is 0 Å². The van der Waals surface area contributed by atoms with Gasteiger partial charge in [0.05, 0.1) is 12.6 Å². The fraction of sp³-hybridized carbons (Fsp3) is 0.818. The van der Waals surface area contributed by atoms with Gasteiger partial charge in [0.15, 0.2) is 0 Å². The summed E-state index contributed by atoms with van der Waals surface area (Å²) in [5.74, 6) is 1.73. The quantitative estimate of drug-likeness (QED) is 0.522. The van der Waals surface area contributed by atoms with Crippen molar-refractivity contribution >= 4 is 23.4 Å². The van der Waals surface area contributed by atoms with E-state index in [1.54, 1.807) is 9.80 Å². The molecule has 0 aromatic heterocycles. The van der Waals surface area contributed by atoms with Crippen molar-refractivity contribution in [1.29, 1.82) is 0 Å². The predicted octanol–water partition coefficient (Wildman–Crippen LogP) is 2.01. The number of aliphatic hydroxyl groups is 1.